The first-order chi connectivity index (χ1) is 9.34. The maximum Gasteiger partial charge on any atom is 0.133 e. The maximum atomic E-state index is 11.9. The van der Waals surface area contributed by atoms with E-state index in [-0.39, 0.29) is 0 Å². The molecule has 0 aromatic rings. The van der Waals surface area contributed by atoms with Crippen molar-refractivity contribution in [3.8, 4) is 0 Å². The standard InChI is InChI=1S/C18H30O/c19-18(15-17-12-5-2-6-13-17)14-8-7-11-16-9-3-1-4-10-16/h7,11,16-17H,1-6,8-10,12-15H2/b11-7+. The van der Waals surface area contributed by atoms with Gasteiger partial charge in [0, 0.05) is 12.8 Å². The summed E-state index contributed by atoms with van der Waals surface area (Å²) in [6.07, 6.45) is 20.9. The lowest BCUT2D eigenvalue weighted by atomic mass is 9.85. The van der Waals surface area contributed by atoms with Gasteiger partial charge in [-0.05, 0) is 31.1 Å². The van der Waals surface area contributed by atoms with Gasteiger partial charge in [0.2, 0.25) is 0 Å². The summed E-state index contributed by atoms with van der Waals surface area (Å²) in [5.41, 5.74) is 0. The Morgan fingerprint density at radius 2 is 1.53 bits per heavy atom. The number of rotatable bonds is 6. The Kier molecular flexibility index (Phi) is 6.67. The predicted molar refractivity (Wildman–Crippen MR) is 81.1 cm³/mol. The Morgan fingerprint density at radius 1 is 0.895 bits per heavy atom. The predicted octanol–water partition coefficient (Wildman–Crippen LogP) is 5.44. The van der Waals surface area contributed by atoms with Crippen LogP contribution >= 0.6 is 0 Å². The lowest BCUT2D eigenvalue weighted by Gasteiger charge is -2.20. The van der Waals surface area contributed by atoms with Gasteiger partial charge in [0.1, 0.15) is 5.78 Å². The van der Waals surface area contributed by atoms with Crippen LogP contribution in [0.4, 0.5) is 0 Å². The molecule has 1 heteroatoms. The Morgan fingerprint density at radius 3 is 2.21 bits per heavy atom. The second kappa shape index (κ2) is 8.55. The third kappa shape index (κ3) is 5.93. The molecule has 2 saturated carbocycles. The van der Waals surface area contributed by atoms with Crippen LogP contribution in [0.1, 0.15) is 83.5 Å². The molecule has 19 heavy (non-hydrogen) atoms. The maximum absolute atomic E-state index is 11.9. The van der Waals surface area contributed by atoms with Gasteiger partial charge in [0.05, 0.1) is 0 Å². The van der Waals surface area contributed by atoms with Gasteiger partial charge in [-0.25, -0.2) is 0 Å². The molecule has 0 saturated heterocycles. The molecule has 108 valence electrons. The van der Waals surface area contributed by atoms with Crippen LogP contribution in [0.25, 0.3) is 0 Å². The van der Waals surface area contributed by atoms with Gasteiger partial charge in [-0.3, -0.25) is 4.79 Å². The van der Waals surface area contributed by atoms with E-state index in [9.17, 15) is 4.79 Å². The topological polar surface area (TPSA) is 17.1 Å². The molecule has 2 fully saturated rings. The normalized spacial score (nSPS) is 22.9. The lowest BCUT2D eigenvalue weighted by Crippen LogP contribution is -2.11. The van der Waals surface area contributed by atoms with Crippen molar-refractivity contribution in [3.05, 3.63) is 12.2 Å². The summed E-state index contributed by atoms with van der Waals surface area (Å²) in [4.78, 5) is 11.9. The molecule has 0 N–H and O–H groups in total. The summed E-state index contributed by atoms with van der Waals surface area (Å²) in [6.45, 7) is 0. The van der Waals surface area contributed by atoms with Crippen molar-refractivity contribution in [3.63, 3.8) is 0 Å². The minimum Gasteiger partial charge on any atom is -0.300 e. The molecule has 0 heterocycles. The number of hydrogen-bond acceptors (Lipinski definition) is 1. The first kappa shape index (κ1) is 14.8. The van der Waals surface area contributed by atoms with Crippen LogP contribution in [0, 0.1) is 11.8 Å². The molecule has 0 atom stereocenters. The van der Waals surface area contributed by atoms with Gasteiger partial charge in [-0.1, -0.05) is 63.5 Å². The molecule has 0 bridgehead atoms. The Hall–Kier alpha value is -0.590. The molecule has 2 aliphatic rings. The van der Waals surface area contributed by atoms with Crippen molar-refractivity contribution in [1.29, 1.82) is 0 Å². The fourth-order valence-electron chi connectivity index (χ4n) is 3.67. The summed E-state index contributed by atoms with van der Waals surface area (Å²) >= 11 is 0. The van der Waals surface area contributed by atoms with E-state index in [1.54, 1.807) is 0 Å². The highest BCUT2D eigenvalue weighted by Gasteiger charge is 2.16. The summed E-state index contributed by atoms with van der Waals surface area (Å²) in [5.74, 6) is 2.02. The van der Waals surface area contributed by atoms with E-state index in [0.29, 0.717) is 11.7 Å². The van der Waals surface area contributed by atoms with Crippen molar-refractivity contribution in [2.24, 2.45) is 11.8 Å². The third-order valence-corrected chi connectivity index (χ3v) is 4.89. The van der Waals surface area contributed by atoms with Crippen LogP contribution in [0.2, 0.25) is 0 Å². The van der Waals surface area contributed by atoms with Gasteiger partial charge in [0.15, 0.2) is 0 Å². The molecule has 0 aliphatic heterocycles. The van der Waals surface area contributed by atoms with E-state index < -0.39 is 0 Å². The summed E-state index contributed by atoms with van der Waals surface area (Å²) in [5, 5.41) is 0. The van der Waals surface area contributed by atoms with Crippen molar-refractivity contribution in [2.75, 3.05) is 0 Å². The zero-order valence-electron chi connectivity index (χ0n) is 12.4. The quantitative estimate of drug-likeness (QED) is 0.582. The molecule has 0 radical (unpaired) electrons. The number of carbonyl (C=O) groups excluding carboxylic acids is 1. The van der Waals surface area contributed by atoms with Gasteiger partial charge >= 0.3 is 0 Å². The minimum atomic E-state index is 0.500. The molecule has 0 spiro atoms. The van der Waals surface area contributed by atoms with E-state index in [2.05, 4.69) is 12.2 Å². The van der Waals surface area contributed by atoms with Crippen LogP contribution < -0.4 is 0 Å². The van der Waals surface area contributed by atoms with Crippen LogP contribution in [0.5, 0.6) is 0 Å². The smallest absolute Gasteiger partial charge is 0.133 e. The van der Waals surface area contributed by atoms with Crippen molar-refractivity contribution >= 4 is 5.78 Å². The summed E-state index contributed by atoms with van der Waals surface area (Å²) in [7, 11) is 0. The van der Waals surface area contributed by atoms with E-state index in [4.69, 9.17) is 0 Å². The molecular weight excluding hydrogens is 232 g/mol. The number of ketones is 1. The van der Waals surface area contributed by atoms with Crippen LogP contribution in [0.3, 0.4) is 0 Å². The highest BCUT2D eigenvalue weighted by atomic mass is 16.1. The zero-order chi connectivity index (χ0) is 13.3. The van der Waals surface area contributed by atoms with Gasteiger partial charge in [0.25, 0.3) is 0 Å². The van der Waals surface area contributed by atoms with Crippen LogP contribution in [0.15, 0.2) is 12.2 Å². The number of hydrogen-bond donors (Lipinski definition) is 0. The monoisotopic (exact) mass is 262 g/mol. The largest absolute Gasteiger partial charge is 0.300 e. The fourth-order valence-corrected chi connectivity index (χ4v) is 3.67. The number of Topliss-reactive ketones (excluding diaryl/α,β-unsaturated/α-hetero) is 1. The molecule has 2 rings (SSSR count). The first-order valence-electron chi connectivity index (χ1n) is 8.53. The van der Waals surface area contributed by atoms with E-state index in [0.717, 1.165) is 25.2 Å². The average molecular weight is 262 g/mol. The fraction of sp³-hybridized carbons (Fsp3) is 0.833. The molecule has 2 aliphatic carbocycles. The molecular formula is C18H30O. The van der Waals surface area contributed by atoms with E-state index in [1.165, 1.54) is 64.2 Å². The van der Waals surface area contributed by atoms with E-state index in [1.807, 2.05) is 0 Å². The van der Waals surface area contributed by atoms with Gasteiger partial charge in [-0.2, -0.15) is 0 Å². The Balaban J connectivity index is 1.56. The number of carbonyl (C=O) groups is 1. The minimum absolute atomic E-state index is 0.500. The highest BCUT2D eigenvalue weighted by molar-refractivity contribution is 5.78. The highest BCUT2D eigenvalue weighted by Crippen LogP contribution is 2.27. The zero-order valence-corrected chi connectivity index (χ0v) is 12.4. The van der Waals surface area contributed by atoms with Gasteiger partial charge < -0.3 is 0 Å². The summed E-state index contributed by atoms with van der Waals surface area (Å²) in [6, 6.07) is 0. The molecule has 0 aromatic heterocycles. The summed E-state index contributed by atoms with van der Waals surface area (Å²) < 4.78 is 0. The van der Waals surface area contributed by atoms with Crippen molar-refractivity contribution < 1.29 is 4.79 Å². The second-order valence-corrected chi connectivity index (χ2v) is 6.61. The van der Waals surface area contributed by atoms with Gasteiger partial charge in [-0.15, -0.1) is 0 Å². The van der Waals surface area contributed by atoms with Crippen molar-refractivity contribution in [2.45, 2.75) is 83.5 Å². The SMILES string of the molecule is O=C(CC/C=C/C1CCCCC1)CC1CCCCC1. The second-order valence-electron chi connectivity index (χ2n) is 6.61. The van der Waals surface area contributed by atoms with Crippen molar-refractivity contribution in [1.82, 2.24) is 0 Å². The Labute approximate surface area is 118 Å². The Bertz CT molecular complexity index is 280. The molecule has 0 amide bonds. The van der Waals surface area contributed by atoms with Crippen LogP contribution in [-0.2, 0) is 4.79 Å². The third-order valence-electron chi connectivity index (χ3n) is 4.89. The lowest BCUT2D eigenvalue weighted by molar-refractivity contribution is -0.120. The molecule has 0 unspecified atom stereocenters. The first-order valence-corrected chi connectivity index (χ1v) is 8.53. The molecule has 0 aromatic carbocycles. The molecule has 1 nitrogen and oxygen atoms in total. The average Bonchev–Trinajstić information content (AvgIpc) is 2.46. The number of allylic oxidation sites excluding steroid dienone is 2. The van der Waals surface area contributed by atoms with Crippen LogP contribution in [-0.4, -0.2) is 5.78 Å². The van der Waals surface area contributed by atoms with E-state index >= 15 is 0 Å².